The molecule has 1 N–H and O–H groups in total. The maximum Gasteiger partial charge on any atom is 0.303 e. The van der Waals surface area contributed by atoms with Gasteiger partial charge in [0, 0.05) is 6.42 Å². The van der Waals surface area contributed by atoms with E-state index < -0.39 is 5.97 Å². The van der Waals surface area contributed by atoms with Gasteiger partial charge in [0.2, 0.25) is 0 Å². The zero-order valence-electron chi connectivity index (χ0n) is 8.75. The lowest BCUT2D eigenvalue weighted by atomic mass is 10.3. The van der Waals surface area contributed by atoms with Crippen LogP contribution < -0.4 is 0 Å². The number of carboxylic acids is 1. The van der Waals surface area contributed by atoms with E-state index in [1.165, 1.54) is 4.80 Å². The molecule has 0 unspecified atom stereocenters. The highest BCUT2D eigenvalue weighted by molar-refractivity contribution is 6.32. The molecule has 0 spiro atoms. The highest BCUT2D eigenvalue weighted by Gasteiger charge is 2.08. The summed E-state index contributed by atoms with van der Waals surface area (Å²) in [5.41, 5.74) is 0.614. The lowest BCUT2D eigenvalue weighted by molar-refractivity contribution is -0.137. The third-order valence-corrected chi connectivity index (χ3v) is 2.41. The van der Waals surface area contributed by atoms with Gasteiger partial charge in [-0.15, -0.1) is 15.0 Å². The van der Waals surface area contributed by atoms with Gasteiger partial charge in [-0.2, -0.15) is 0 Å². The molecule has 1 aromatic heterocycles. The first-order chi connectivity index (χ1) is 8.16. The Kier molecular flexibility index (Phi) is 3.34. The van der Waals surface area contributed by atoms with E-state index in [2.05, 4.69) is 15.4 Å². The summed E-state index contributed by atoms with van der Waals surface area (Å²) in [6, 6.07) is 7.08. The van der Waals surface area contributed by atoms with Crippen molar-refractivity contribution in [3.63, 3.8) is 0 Å². The van der Waals surface area contributed by atoms with Gasteiger partial charge >= 0.3 is 5.97 Å². The lowest BCUT2D eigenvalue weighted by Gasteiger charge is -1.99. The van der Waals surface area contributed by atoms with E-state index in [1.807, 2.05) is 6.07 Å². The Morgan fingerprint density at radius 3 is 2.88 bits per heavy atom. The average Bonchev–Trinajstić information content (AvgIpc) is 2.75. The number of aryl methyl sites for hydroxylation is 1. The molecule has 2 aromatic rings. The summed E-state index contributed by atoms with van der Waals surface area (Å²) in [5.74, 6) is -0.508. The molecule has 0 radical (unpaired) electrons. The Morgan fingerprint density at radius 2 is 2.18 bits per heavy atom. The SMILES string of the molecule is O=C(O)CCc1nnn(-c2ccccc2Cl)n1. The van der Waals surface area contributed by atoms with Gasteiger partial charge in [-0.3, -0.25) is 4.79 Å². The smallest absolute Gasteiger partial charge is 0.303 e. The van der Waals surface area contributed by atoms with Crippen molar-refractivity contribution in [1.29, 1.82) is 0 Å². The van der Waals surface area contributed by atoms with Gasteiger partial charge in [-0.05, 0) is 17.3 Å². The summed E-state index contributed by atoms with van der Waals surface area (Å²) < 4.78 is 0. The van der Waals surface area contributed by atoms with Crippen molar-refractivity contribution in [2.24, 2.45) is 0 Å². The molecule has 0 aliphatic heterocycles. The number of halogens is 1. The van der Waals surface area contributed by atoms with Crippen molar-refractivity contribution >= 4 is 17.6 Å². The normalized spacial score (nSPS) is 10.4. The van der Waals surface area contributed by atoms with Gasteiger partial charge in [-0.1, -0.05) is 23.7 Å². The lowest BCUT2D eigenvalue weighted by Crippen LogP contribution is -2.01. The molecule has 6 nitrogen and oxygen atoms in total. The molecule has 0 amide bonds. The molecular weight excluding hydrogens is 244 g/mol. The van der Waals surface area contributed by atoms with E-state index in [0.717, 1.165) is 0 Å². The van der Waals surface area contributed by atoms with E-state index >= 15 is 0 Å². The molecule has 0 fully saturated rings. The molecule has 88 valence electrons. The Balaban J connectivity index is 2.18. The van der Waals surface area contributed by atoms with Crippen molar-refractivity contribution in [3.8, 4) is 5.69 Å². The minimum absolute atomic E-state index is 0.0196. The molecule has 0 aliphatic carbocycles. The number of hydrogen-bond acceptors (Lipinski definition) is 4. The first kappa shape index (κ1) is 11.5. The molecule has 0 saturated heterocycles. The van der Waals surface area contributed by atoms with Crippen LogP contribution in [0.5, 0.6) is 0 Å². The average molecular weight is 253 g/mol. The predicted octanol–water partition coefficient (Wildman–Crippen LogP) is 1.33. The number of aliphatic carboxylic acids is 1. The van der Waals surface area contributed by atoms with Crippen LogP contribution in [-0.4, -0.2) is 31.3 Å². The van der Waals surface area contributed by atoms with Crippen LogP contribution >= 0.6 is 11.6 Å². The minimum atomic E-state index is -0.890. The van der Waals surface area contributed by atoms with Gasteiger partial charge in [0.05, 0.1) is 11.4 Å². The third kappa shape index (κ3) is 2.79. The summed E-state index contributed by atoms with van der Waals surface area (Å²) in [6.45, 7) is 0. The van der Waals surface area contributed by atoms with Gasteiger partial charge in [0.1, 0.15) is 5.69 Å². The monoisotopic (exact) mass is 252 g/mol. The Hall–Kier alpha value is -1.95. The van der Waals surface area contributed by atoms with Crippen LogP contribution in [0.1, 0.15) is 12.2 Å². The summed E-state index contributed by atoms with van der Waals surface area (Å²) in [7, 11) is 0. The number of rotatable bonds is 4. The van der Waals surface area contributed by atoms with E-state index in [9.17, 15) is 4.79 Å². The van der Waals surface area contributed by atoms with Crippen LogP contribution in [0.25, 0.3) is 5.69 Å². The van der Waals surface area contributed by atoms with Gasteiger partial charge in [-0.25, -0.2) is 0 Å². The summed E-state index contributed by atoms with van der Waals surface area (Å²) >= 11 is 5.97. The number of carboxylic acid groups (broad SMARTS) is 1. The molecule has 0 aliphatic rings. The molecule has 0 atom stereocenters. The number of nitrogens with zero attached hydrogens (tertiary/aromatic N) is 4. The number of hydrogen-bond donors (Lipinski definition) is 1. The van der Waals surface area contributed by atoms with Gasteiger partial charge < -0.3 is 5.11 Å². The third-order valence-electron chi connectivity index (χ3n) is 2.09. The quantitative estimate of drug-likeness (QED) is 0.888. The Bertz CT molecular complexity index is 541. The Morgan fingerprint density at radius 1 is 1.41 bits per heavy atom. The molecule has 0 saturated carbocycles. The fourth-order valence-corrected chi connectivity index (χ4v) is 1.49. The van der Waals surface area contributed by atoms with Gasteiger partial charge in [0.15, 0.2) is 5.82 Å². The number of tetrazole rings is 1. The number of carbonyl (C=O) groups is 1. The van der Waals surface area contributed by atoms with Crippen molar-refractivity contribution < 1.29 is 9.90 Å². The fraction of sp³-hybridized carbons (Fsp3) is 0.200. The standard InChI is InChI=1S/C10H9ClN4O2/c11-7-3-1-2-4-8(7)15-13-9(12-14-15)5-6-10(16)17/h1-4H,5-6H2,(H,16,17). The maximum atomic E-state index is 10.4. The first-order valence-electron chi connectivity index (χ1n) is 4.92. The first-order valence-corrected chi connectivity index (χ1v) is 5.30. The fourth-order valence-electron chi connectivity index (χ4n) is 1.28. The van der Waals surface area contributed by atoms with Crippen molar-refractivity contribution in [3.05, 3.63) is 35.1 Å². The summed E-state index contributed by atoms with van der Waals surface area (Å²) in [6.07, 6.45) is 0.230. The topological polar surface area (TPSA) is 80.9 Å². The minimum Gasteiger partial charge on any atom is -0.481 e. The van der Waals surface area contributed by atoms with Gasteiger partial charge in [0.25, 0.3) is 0 Å². The van der Waals surface area contributed by atoms with E-state index in [1.54, 1.807) is 18.2 Å². The van der Waals surface area contributed by atoms with Crippen LogP contribution in [0.15, 0.2) is 24.3 Å². The largest absolute Gasteiger partial charge is 0.481 e. The molecule has 1 heterocycles. The van der Waals surface area contributed by atoms with Crippen molar-refractivity contribution in [1.82, 2.24) is 20.2 Å². The molecule has 2 rings (SSSR count). The van der Waals surface area contributed by atoms with Crippen molar-refractivity contribution in [2.75, 3.05) is 0 Å². The molecule has 7 heteroatoms. The zero-order valence-corrected chi connectivity index (χ0v) is 9.50. The maximum absolute atomic E-state index is 10.4. The molecule has 1 aromatic carbocycles. The van der Waals surface area contributed by atoms with Crippen LogP contribution in [0.2, 0.25) is 5.02 Å². The second-order valence-corrected chi connectivity index (χ2v) is 3.75. The highest BCUT2D eigenvalue weighted by Crippen LogP contribution is 2.17. The zero-order chi connectivity index (χ0) is 12.3. The molecular formula is C10H9ClN4O2. The van der Waals surface area contributed by atoms with Crippen molar-refractivity contribution in [2.45, 2.75) is 12.8 Å². The predicted molar refractivity (Wildman–Crippen MR) is 60.1 cm³/mol. The van der Waals surface area contributed by atoms with E-state index in [-0.39, 0.29) is 12.8 Å². The van der Waals surface area contributed by atoms with Crippen LogP contribution in [-0.2, 0) is 11.2 Å². The highest BCUT2D eigenvalue weighted by atomic mass is 35.5. The summed E-state index contributed by atoms with van der Waals surface area (Å²) in [4.78, 5) is 11.7. The second-order valence-electron chi connectivity index (χ2n) is 3.34. The number of benzene rings is 1. The van der Waals surface area contributed by atoms with Crippen LogP contribution in [0.3, 0.4) is 0 Å². The second kappa shape index (κ2) is 4.92. The summed E-state index contributed by atoms with van der Waals surface area (Å²) in [5, 5.41) is 20.7. The molecule has 17 heavy (non-hydrogen) atoms. The van der Waals surface area contributed by atoms with E-state index in [4.69, 9.17) is 16.7 Å². The van der Waals surface area contributed by atoms with E-state index in [0.29, 0.717) is 16.5 Å². The van der Waals surface area contributed by atoms with Crippen LogP contribution in [0, 0.1) is 0 Å². The Labute approximate surface area is 102 Å². The molecule has 0 bridgehead atoms. The van der Waals surface area contributed by atoms with Crippen LogP contribution in [0.4, 0.5) is 0 Å². The number of para-hydroxylation sites is 1. The number of aromatic nitrogens is 4.